The van der Waals surface area contributed by atoms with Crippen molar-refractivity contribution in [3.8, 4) is 5.75 Å². The van der Waals surface area contributed by atoms with Crippen molar-refractivity contribution in [2.75, 3.05) is 33.3 Å². The van der Waals surface area contributed by atoms with Crippen LogP contribution in [-0.2, 0) is 4.79 Å². The normalized spacial score (nSPS) is 15.4. The van der Waals surface area contributed by atoms with Gasteiger partial charge in [0.15, 0.2) is 0 Å². The SMILES string of the molecule is CCCN(CC(=O)NC(c1ccc(OC)cc1)C(C)C)C1CCN(C(=O)c2ccccc2)CC1. The summed E-state index contributed by atoms with van der Waals surface area (Å²) in [6.45, 7) is 9.09. The molecule has 0 spiro atoms. The maximum Gasteiger partial charge on any atom is 0.253 e. The average Bonchev–Trinajstić information content (AvgIpc) is 2.87. The van der Waals surface area contributed by atoms with Crippen LogP contribution in [0.5, 0.6) is 5.75 Å². The highest BCUT2D eigenvalue weighted by molar-refractivity contribution is 5.94. The molecule has 3 rings (SSSR count). The lowest BCUT2D eigenvalue weighted by Crippen LogP contribution is -2.50. The number of nitrogens with one attached hydrogen (secondary N) is 1. The third-order valence-electron chi connectivity index (χ3n) is 6.60. The first-order valence-corrected chi connectivity index (χ1v) is 12.4. The third kappa shape index (κ3) is 6.83. The van der Waals surface area contributed by atoms with E-state index in [0.717, 1.165) is 55.8 Å². The second-order valence-corrected chi connectivity index (χ2v) is 9.42. The smallest absolute Gasteiger partial charge is 0.253 e. The lowest BCUT2D eigenvalue weighted by molar-refractivity contribution is -0.124. The summed E-state index contributed by atoms with van der Waals surface area (Å²) in [7, 11) is 1.65. The Morgan fingerprint density at radius 3 is 2.26 bits per heavy atom. The minimum absolute atomic E-state index is 0.0470. The second kappa shape index (κ2) is 12.6. The van der Waals surface area contributed by atoms with Crippen LogP contribution in [0.4, 0.5) is 0 Å². The van der Waals surface area contributed by atoms with E-state index < -0.39 is 0 Å². The standard InChI is InChI=1S/C28H39N3O3/c1-5-17-31(24-15-18-30(19-16-24)28(33)23-9-7-6-8-10-23)20-26(32)29-27(21(2)3)22-11-13-25(34-4)14-12-22/h6-14,21,24,27H,5,15-20H2,1-4H3,(H,29,32). The highest BCUT2D eigenvalue weighted by atomic mass is 16.5. The summed E-state index contributed by atoms with van der Waals surface area (Å²) in [6, 6.07) is 17.6. The van der Waals surface area contributed by atoms with Crippen LogP contribution in [0.15, 0.2) is 54.6 Å². The molecular weight excluding hydrogens is 426 g/mol. The van der Waals surface area contributed by atoms with Gasteiger partial charge in [-0.05, 0) is 61.6 Å². The Bertz CT molecular complexity index is 906. The second-order valence-electron chi connectivity index (χ2n) is 9.42. The molecule has 6 nitrogen and oxygen atoms in total. The molecule has 0 radical (unpaired) electrons. The van der Waals surface area contributed by atoms with Crippen LogP contribution < -0.4 is 10.1 Å². The van der Waals surface area contributed by atoms with E-state index >= 15 is 0 Å². The lowest BCUT2D eigenvalue weighted by atomic mass is 9.95. The van der Waals surface area contributed by atoms with Gasteiger partial charge in [0.1, 0.15) is 5.75 Å². The Morgan fingerprint density at radius 2 is 1.71 bits per heavy atom. The van der Waals surface area contributed by atoms with Gasteiger partial charge in [0, 0.05) is 24.7 Å². The van der Waals surface area contributed by atoms with Crippen LogP contribution in [0.3, 0.4) is 0 Å². The zero-order chi connectivity index (χ0) is 24.5. The summed E-state index contributed by atoms with van der Waals surface area (Å²) in [4.78, 5) is 30.1. The van der Waals surface area contributed by atoms with Crippen molar-refractivity contribution in [2.45, 2.75) is 52.1 Å². The number of methoxy groups -OCH3 is 1. The van der Waals surface area contributed by atoms with E-state index in [2.05, 4.69) is 31.0 Å². The molecule has 2 aromatic carbocycles. The molecule has 2 aromatic rings. The molecular formula is C28H39N3O3. The molecule has 1 aliphatic rings. The molecule has 1 heterocycles. The van der Waals surface area contributed by atoms with E-state index in [0.29, 0.717) is 12.6 Å². The average molecular weight is 466 g/mol. The number of piperidine rings is 1. The molecule has 34 heavy (non-hydrogen) atoms. The number of nitrogens with zero attached hydrogens (tertiary/aromatic N) is 2. The molecule has 0 saturated carbocycles. The first-order chi connectivity index (χ1) is 16.4. The summed E-state index contributed by atoms with van der Waals surface area (Å²) in [6.07, 6.45) is 2.76. The minimum Gasteiger partial charge on any atom is -0.497 e. The van der Waals surface area contributed by atoms with E-state index in [4.69, 9.17) is 4.74 Å². The first kappa shape index (κ1) is 25.8. The fourth-order valence-corrected chi connectivity index (χ4v) is 4.73. The molecule has 1 N–H and O–H groups in total. The van der Waals surface area contributed by atoms with Crippen LogP contribution in [0.1, 0.15) is 62.0 Å². The van der Waals surface area contributed by atoms with Gasteiger partial charge in [0.25, 0.3) is 5.91 Å². The predicted molar refractivity (Wildman–Crippen MR) is 136 cm³/mol. The van der Waals surface area contributed by atoms with Crippen molar-refractivity contribution in [3.05, 3.63) is 65.7 Å². The molecule has 6 heteroatoms. The van der Waals surface area contributed by atoms with Crippen molar-refractivity contribution in [2.24, 2.45) is 5.92 Å². The Balaban J connectivity index is 1.58. The van der Waals surface area contributed by atoms with Gasteiger partial charge >= 0.3 is 0 Å². The molecule has 0 aromatic heterocycles. The fourth-order valence-electron chi connectivity index (χ4n) is 4.73. The Kier molecular flexibility index (Phi) is 9.52. The molecule has 1 aliphatic heterocycles. The first-order valence-electron chi connectivity index (χ1n) is 12.4. The van der Waals surface area contributed by atoms with E-state index in [9.17, 15) is 9.59 Å². The van der Waals surface area contributed by atoms with Crippen molar-refractivity contribution in [1.29, 1.82) is 0 Å². The highest BCUT2D eigenvalue weighted by Crippen LogP contribution is 2.24. The van der Waals surface area contributed by atoms with E-state index in [-0.39, 0.29) is 23.8 Å². The Hall–Kier alpha value is -2.86. The van der Waals surface area contributed by atoms with E-state index in [1.54, 1.807) is 7.11 Å². The molecule has 2 amide bonds. The zero-order valence-corrected chi connectivity index (χ0v) is 21.0. The largest absolute Gasteiger partial charge is 0.497 e. The van der Waals surface area contributed by atoms with Crippen LogP contribution >= 0.6 is 0 Å². The maximum atomic E-state index is 13.1. The number of likely N-dealkylation sites (tertiary alicyclic amines) is 1. The summed E-state index contributed by atoms with van der Waals surface area (Å²) < 4.78 is 5.27. The number of hydrogen-bond donors (Lipinski definition) is 1. The molecule has 184 valence electrons. The lowest BCUT2D eigenvalue weighted by Gasteiger charge is -2.38. The molecule has 0 bridgehead atoms. The van der Waals surface area contributed by atoms with Crippen molar-refractivity contribution >= 4 is 11.8 Å². The number of amides is 2. The monoisotopic (exact) mass is 465 g/mol. The predicted octanol–water partition coefficient (Wildman–Crippen LogP) is 4.53. The molecule has 0 aliphatic carbocycles. The van der Waals surface area contributed by atoms with E-state index in [1.807, 2.05) is 59.5 Å². The summed E-state index contributed by atoms with van der Waals surface area (Å²) in [5.74, 6) is 1.22. The van der Waals surface area contributed by atoms with Gasteiger partial charge in [-0.25, -0.2) is 0 Å². The number of ether oxygens (including phenoxy) is 1. The van der Waals surface area contributed by atoms with Crippen LogP contribution in [0.25, 0.3) is 0 Å². The van der Waals surface area contributed by atoms with Crippen LogP contribution in [-0.4, -0.2) is 60.9 Å². The maximum absolute atomic E-state index is 13.1. The number of rotatable bonds is 10. The topological polar surface area (TPSA) is 61.9 Å². The summed E-state index contributed by atoms with van der Waals surface area (Å²) >= 11 is 0. The fraction of sp³-hybridized carbons (Fsp3) is 0.500. The van der Waals surface area contributed by atoms with Crippen molar-refractivity contribution in [3.63, 3.8) is 0 Å². The third-order valence-corrected chi connectivity index (χ3v) is 6.60. The zero-order valence-electron chi connectivity index (χ0n) is 21.0. The molecule has 1 atom stereocenters. The van der Waals surface area contributed by atoms with Gasteiger partial charge in [-0.2, -0.15) is 0 Å². The van der Waals surface area contributed by atoms with Gasteiger partial charge in [-0.15, -0.1) is 0 Å². The number of carbonyl (C=O) groups is 2. The highest BCUT2D eigenvalue weighted by Gasteiger charge is 2.29. The molecule has 1 fully saturated rings. The van der Waals surface area contributed by atoms with Gasteiger partial charge in [-0.1, -0.05) is 51.1 Å². The quantitative estimate of drug-likeness (QED) is 0.560. The van der Waals surface area contributed by atoms with Crippen molar-refractivity contribution in [1.82, 2.24) is 15.1 Å². The molecule has 1 saturated heterocycles. The number of carbonyl (C=O) groups excluding carboxylic acids is 2. The van der Waals surface area contributed by atoms with Gasteiger partial charge in [-0.3, -0.25) is 14.5 Å². The Morgan fingerprint density at radius 1 is 1.06 bits per heavy atom. The summed E-state index contributed by atoms with van der Waals surface area (Å²) in [5.41, 5.74) is 1.82. The van der Waals surface area contributed by atoms with Crippen molar-refractivity contribution < 1.29 is 14.3 Å². The van der Waals surface area contributed by atoms with Crippen LogP contribution in [0, 0.1) is 5.92 Å². The van der Waals surface area contributed by atoms with Gasteiger partial charge < -0.3 is 15.0 Å². The van der Waals surface area contributed by atoms with Gasteiger partial charge in [0.2, 0.25) is 5.91 Å². The minimum atomic E-state index is -0.0489. The van der Waals surface area contributed by atoms with Gasteiger partial charge in [0.05, 0.1) is 19.7 Å². The summed E-state index contributed by atoms with van der Waals surface area (Å²) in [5, 5.41) is 3.26. The Labute approximate surface area is 204 Å². The van der Waals surface area contributed by atoms with Crippen LogP contribution in [0.2, 0.25) is 0 Å². The van der Waals surface area contributed by atoms with E-state index in [1.165, 1.54) is 0 Å². The number of benzene rings is 2. The number of hydrogen-bond acceptors (Lipinski definition) is 4. The molecule has 1 unspecified atom stereocenters.